The number of fused-ring (bicyclic) bond motifs is 1. The zero-order chi connectivity index (χ0) is 20.5. The van der Waals surface area contributed by atoms with Crippen molar-refractivity contribution in [1.82, 2.24) is 19.8 Å². The molecule has 1 atom stereocenters. The number of hydrogen-bond donors (Lipinski definition) is 1. The number of carbonyl (C=O) groups is 3. The largest absolute Gasteiger partial charge is 0.341 e. The molecular formula is C21H17ClN4O3. The lowest BCUT2D eigenvalue weighted by atomic mass is 10.1. The molecule has 4 rings (SSSR count). The Morgan fingerprint density at radius 2 is 1.69 bits per heavy atom. The molecule has 0 saturated carbocycles. The van der Waals surface area contributed by atoms with Gasteiger partial charge in [-0.05, 0) is 29.8 Å². The summed E-state index contributed by atoms with van der Waals surface area (Å²) in [6.45, 7) is -0.374. The molecule has 1 N–H and O–H groups in total. The lowest BCUT2D eigenvalue weighted by molar-refractivity contribution is -0.122. The molecule has 3 aromatic rings. The molecule has 2 heterocycles. The second-order valence-electron chi connectivity index (χ2n) is 6.69. The Kier molecular flexibility index (Phi) is 4.90. The Bertz CT molecular complexity index is 1070. The molecule has 0 unspecified atom stereocenters. The third kappa shape index (κ3) is 3.52. The predicted octanol–water partition coefficient (Wildman–Crippen LogP) is 2.58. The van der Waals surface area contributed by atoms with E-state index in [0.717, 1.165) is 10.5 Å². The van der Waals surface area contributed by atoms with E-state index in [1.54, 1.807) is 65.5 Å². The van der Waals surface area contributed by atoms with Crippen LogP contribution >= 0.6 is 11.6 Å². The molecule has 0 radical (unpaired) electrons. The minimum Gasteiger partial charge on any atom is -0.341 e. The van der Waals surface area contributed by atoms with Gasteiger partial charge >= 0.3 is 0 Å². The smallest absolute Gasteiger partial charge is 0.262 e. The van der Waals surface area contributed by atoms with E-state index in [2.05, 4.69) is 10.3 Å². The van der Waals surface area contributed by atoms with Crippen molar-refractivity contribution in [1.29, 1.82) is 0 Å². The zero-order valence-electron chi connectivity index (χ0n) is 15.5. The van der Waals surface area contributed by atoms with Crippen LogP contribution < -0.4 is 5.32 Å². The van der Waals surface area contributed by atoms with Crippen molar-refractivity contribution < 1.29 is 14.4 Å². The summed E-state index contributed by atoms with van der Waals surface area (Å²) >= 11 is 5.98. The quantitative estimate of drug-likeness (QED) is 0.657. The Hall–Kier alpha value is -3.45. The SMILES string of the molecule is Cn1ccnc1[C@@H](NC(=O)CN1C(=O)c2ccccc2C1=O)c1ccc(Cl)cc1. The van der Waals surface area contributed by atoms with Gasteiger partial charge in [0.15, 0.2) is 0 Å². The number of hydrogen-bond acceptors (Lipinski definition) is 4. The minimum absolute atomic E-state index is 0.309. The minimum atomic E-state index is -0.560. The first-order valence-electron chi connectivity index (χ1n) is 8.93. The molecule has 1 aliphatic rings. The molecule has 0 saturated heterocycles. The third-order valence-electron chi connectivity index (χ3n) is 4.81. The Morgan fingerprint density at radius 3 is 2.24 bits per heavy atom. The van der Waals surface area contributed by atoms with Crippen molar-refractivity contribution in [2.75, 3.05) is 6.54 Å². The van der Waals surface area contributed by atoms with Gasteiger partial charge in [0, 0.05) is 24.5 Å². The van der Waals surface area contributed by atoms with E-state index in [4.69, 9.17) is 11.6 Å². The van der Waals surface area contributed by atoms with Crippen molar-refractivity contribution in [2.24, 2.45) is 7.05 Å². The van der Waals surface area contributed by atoms with E-state index in [0.29, 0.717) is 22.0 Å². The fraction of sp³-hybridized carbons (Fsp3) is 0.143. The molecule has 8 heteroatoms. The molecule has 7 nitrogen and oxygen atoms in total. The van der Waals surface area contributed by atoms with Gasteiger partial charge in [-0.2, -0.15) is 0 Å². The van der Waals surface area contributed by atoms with E-state index < -0.39 is 23.8 Å². The van der Waals surface area contributed by atoms with Crippen LogP contribution in [0.15, 0.2) is 60.9 Å². The van der Waals surface area contributed by atoms with E-state index in [-0.39, 0.29) is 6.54 Å². The monoisotopic (exact) mass is 408 g/mol. The summed E-state index contributed by atoms with van der Waals surface area (Å²) in [7, 11) is 1.82. The molecule has 0 aliphatic carbocycles. The Morgan fingerprint density at radius 1 is 1.07 bits per heavy atom. The highest BCUT2D eigenvalue weighted by Gasteiger charge is 2.36. The molecule has 0 spiro atoms. The van der Waals surface area contributed by atoms with Crippen LogP contribution in [0.5, 0.6) is 0 Å². The first-order valence-corrected chi connectivity index (χ1v) is 9.31. The number of benzene rings is 2. The first kappa shape index (κ1) is 18.9. The first-order chi connectivity index (χ1) is 14.0. The number of carbonyl (C=O) groups excluding carboxylic acids is 3. The average molecular weight is 409 g/mol. The molecule has 3 amide bonds. The molecule has 29 heavy (non-hydrogen) atoms. The number of imide groups is 1. The number of aryl methyl sites for hydroxylation is 1. The van der Waals surface area contributed by atoms with Crippen LogP contribution in [0, 0.1) is 0 Å². The Balaban J connectivity index is 1.56. The molecular weight excluding hydrogens is 392 g/mol. The van der Waals surface area contributed by atoms with Crippen LogP contribution in [0.2, 0.25) is 5.02 Å². The highest BCUT2D eigenvalue weighted by atomic mass is 35.5. The third-order valence-corrected chi connectivity index (χ3v) is 5.06. The maximum atomic E-state index is 12.8. The van der Waals surface area contributed by atoms with Gasteiger partial charge in [0.1, 0.15) is 18.4 Å². The van der Waals surface area contributed by atoms with Gasteiger partial charge in [0.25, 0.3) is 11.8 Å². The van der Waals surface area contributed by atoms with Crippen molar-refractivity contribution in [3.05, 3.63) is 88.5 Å². The van der Waals surface area contributed by atoms with Crippen LogP contribution in [0.25, 0.3) is 0 Å². The molecule has 1 aliphatic heterocycles. The summed E-state index contributed by atoms with van der Waals surface area (Å²) in [4.78, 5) is 43.1. The summed E-state index contributed by atoms with van der Waals surface area (Å²) < 4.78 is 1.79. The topological polar surface area (TPSA) is 84.3 Å². The number of nitrogens with one attached hydrogen (secondary N) is 1. The zero-order valence-corrected chi connectivity index (χ0v) is 16.3. The number of amides is 3. The van der Waals surface area contributed by atoms with E-state index in [1.165, 1.54) is 0 Å². The lowest BCUT2D eigenvalue weighted by Gasteiger charge is -2.21. The van der Waals surface area contributed by atoms with Gasteiger partial charge in [-0.15, -0.1) is 0 Å². The van der Waals surface area contributed by atoms with E-state index >= 15 is 0 Å². The summed E-state index contributed by atoms with van der Waals surface area (Å²) in [5.41, 5.74) is 1.40. The summed E-state index contributed by atoms with van der Waals surface area (Å²) in [6.07, 6.45) is 3.41. The molecule has 0 fully saturated rings. The van der Waals surface area contributed by atoms with Crippen LogP contribution in [0.3, 0.4) is 0 Å². The lowest BCUT2D eigenvalue weighted by Crippen LogP contribution is -2.42. The van der Waals surface area contributed by atoms with Crippen LogP contribution in [0.4, 0.5) is 0 Å². The van der Waals surface area contributed by atoms with Crippen molar-refractivity contribution >= 4 is 29.3 Å². The normalized spacial score (nSPS) is 14.1. The summed E-state index contributed by atoms with van der Waals surface area (Å²) in [5.74, 6) is -0.799. The van der Waals surface area contributed by atoms with Gasteiger partial charge in [0.05, 0.1) is 11.1 Å². The highest BCUT2D eigenvalue weighted by molar-refractivity contribution is 6.30. The highest BCUT2D eigenvalue weighted by Crippen LogP contribution is 2.24. The fourth-order valence-corrected chi connectivity index (χ4v) is 3.47. The van der Waals surface area contributed by atoms with Gasteiger partial charge in [-0.1, -0.05) is 35.9 Å². The molecule has 146 valence electrons. The van der Waals surface area contributed by atoms with Crippen molar-refractivity contribution in [3.63, 3.8) is 0 Å². The predicted molar refractivity (Wildman–Crippen MR) is 106 cm³/mol. The number of rotatable bonds is 5. The number of imidazole rings is 1. The molecule has 2 aromatic carbocycles. The van der Waals surface area contributed by atoms with E-state index in [1.807, 2.05) is 7.05 Å². The number of halogens is 1. The second-order valence-corrected chi connectivity index (χ2v) is 7.13. The number of aromatic nitrogens is 2. The van der Waals surface area contributed by atoms with E-state index in [9.17, 15) is 14.4 Å². The Labute approximate surface area is 171 Å². The van der Waals surface area contributed by atoms with Gasteiger partial charge in [-0.25, -0.2) is 4.98 Å². The average Bonchev–Trinajstić information content (AvgIpc) is 3.24. The van der Waals surface area contributed by atoms with Crippen LogP contribution in [-0.4, -0.2) is 38.7 Å². The summed E-state index contributed by atoms with van der Waals surface area (Å²) in [5, 5.41) is 3.45. The van der Waals surface area contributed by atoms with Gasteiger partial charge in [-0.3, -0.25) is 19.3 Å². The summed E-state index contributed by atoms with van der Waals surface area (Å²) in [6, 6.07) is 13.0. The van der Waals surface area contributed by atoms with Crippen LogP contribution in [-0.2, 0) is 11.8 Å². The fourth-order valence-electron chi connectivity index (χ4n) is 3.34. The second kappa shape index (κ2) is 7.52. The van der Waals surface area contributed by atoms with Gasteiger partial charge in [0.2, 0.25) is 5.91 Å². The maximum Gasteiger partial charge on any atom is 0.262 e. The maximum absolute atomic E-state index is 12.8. The van der Waals surface area contributed by atoms with Gasteiger partial charge < -0.3 is 9.88 Å². The molecule has 0 bridgehead atoms. The van der Waals surface area contributed by atoms with Crippen molar-refractivity contribution in [2.45, 2.75) is 6.04 Å². The van der Waals surface area contributed by atoms with Crippen LogP contribution in [0.1, 0.15) is 38.1 Å². The molecule has 1 aromatic heterocycles. The number of nitrogens with zero attached hydrogens (tertiary/aromatic N) is 3. The van der Waals surface area contributed by atoms with Crippen molar-refractivity contribution in [3.8, 4) is 0 Å². The standard InChI is InChI=1S/C21H17ClN4O3/c1-25-11-10-23-19(25)18(13-6-8-14(22)9-7-13)24-17(27)12-26-20(28)15-4-2-3-5-16(15)21(26)29/h2-11,18H,12H2,1H3,(H,24,27)/t18-/m0/s1.